The summed E-state index contributed by atoms with van der Waals surface area (Å²) in [5.74, 6) is -0.181. The number of hydrogen-bond donors (Lipinski definition) is 1. The van der Waals surface area contributed by atoms with Crippen LogP contribution in [0.5, 0.6) is 0 Å². The van der Waals surface area contributed by atoms with Crippen LogP contribution in [0.3, 0.4) is 0 Å². The average Bonchev–Trinajstić information content (AvgIpc) is 2.28. The SMILES string of the molecule is CC1(C)COCN1CCCS(=O)(=O)O. The molecule has 0 aromatic rings. The highest BCUT2D eigenvalue weighted by Crippen LogP contribution is 2.21. The molecule has 1 heterocycles. The largest absolute Gasteiger partial charge is 0.364 e. The van der Waals surface area contributed by atoms with Gasteiger partial charge in [0.05, 0.1) is 19.1 Å². The minimum absolute atomic E-state index is 0.0286. The molecule has 0 saturated carbocycles. The summed E-state index contributed by atoms with van der Waals surface area (Å²) in [5, 5.41) is 0. The Kier molecular flexibility index (Phi) is 3.52. The molecule has 0 unspecified atom stereocenters. The predicted octanol–water partition coefficient (Wildman–Crippen LogP) is 0.333. The molecule has 0 amide bonds. The molecule has 0 spiro atoms. The molecule has 5 nitrogen and oxygen atoms in total. The predicted molar refractivity (Wildman–Crippen MR) is 52.6 cm³/mol. The first-order chi connectivity index (χ1) is 6.31. The summed E-state index contributed by atoms with van der Waals surface area (Å²) in [6.45, 7) is 5.94. The van der Waals surface area contributed by atoms with Gasteiger partial charge in [-0.05, 0) is 20.3 Å². The van der Waals surface area contributed by atoms with Crippen LogP contribution in [0.2, 0.25) is 0 Å². The highest BCUT2D eigenvalue weighted by Gasteiger charge is 2.32. The van der Waals surface area contributed by atoms with Crippen LogP contribution in [0.25, 0.3) is 0 Å². The molecule has 1 N–H and O–H groups in total. The third-order valence-electron chi connectivity index (χ3n) is 2.39. The molecular formula is C8H17NO4S. The Morgan fingerprint density at radius 2 is 2.14 bits per heavy atom. The topological polar surface area (TPSA) is 66.8 Å². The van der Waals surface area contributed by atoms with Gasteiger partial charge in [0, 0.05) is 12.1 Å². The quantitative estimate of drug-likeness (QED) is 0.696. The van der Waals surface area contributed by atoms with Crippen molar-refractivity contribution in [3.05, 3.63) is 0 Å². The van der Waals surface area contributed by atoms with Gasteiger partial charge >= 0.3 is 0 Å². The molecule has 0 atom stereocenters. The zero-order chi connectivity index (χ0) is 10.8. The molecule has 0 aliphatic carbocycles. The summed E-state index contributed by atoms with van der Waals surface area (Å²) >= 11 is 0. The van der Waals surface area contributed by atoms with Crippen molar-refractivity contribution in [1.29, 1.82) is 0 Å². The number of nitrogens with zero attached hydrogens (tertiary/aromatic N) is 1. The van der Waals surface area contributed by atoms with E-state index >= 15 is 0 Å². The van der Waals surface area contributed by atoms with Crippen LogP contribution in [0.1, 0.15) is 20.3 Å². The van der Waals surface area contributed by atoms with E-state index < -0.39 is 10.1 Å². The minimum Gasteiger partial charge on any atom is -0.364 e. The third kappa shape index (κ3) is 3.53. The first-order valence-electron chi connectivity index (χ1n) is 4.59. The Morgan fingerprint density at radius 1 is 1.50 bits per heavy atom. The van der Waals surface area contributed by atoms with Crippen molar-refractivity contribution in [2.45, 2.75) is 25.8 Å². The lowest BCUT2D eigenvalue weighted by atomic mass is 10.1. The zero-order valence-corrected chi connectivity index (χ0v) is 9.38. The summed E-state index contributed by atoms with van der Waals surface area (Å²) in [7, 11) is -3.82. The van der Waals surface area contributed by atoms with Crippen molar-refractivity contribution in [2.24, 2.45) is 0 Å². The van der Waals surface area contributed by atoms with E-state index in [1.807, 2.05) is 13.8 Å². The van der Waals surface area contributed by atoms with Crippen molar-refractivity contribution in [3.63, 3.8) is 0 Å². The highest BCUT2D eigenvalue weighted by molar-refractivity contribution is 7.85. The van der Waals surface area contributed by atoms with E-state index in [0.29, 0.717) is 26.3 Å². The van der Waals surface area contributed by atoms with Crippen LogP contribution in [-0.4, -0.2) is 49.0 Å². The van der Waals surface area contributed by atoms with E-state index in [2.05, 4.69) is 4.90 Å². The normalized spacial score (nSPS) is 22.8. The maximum Gasteiger partial charge on any atom is 0.264 e. The fourth-order valence-electron chi connectivity index (χ4n) is 1.48. The van der Waals surface area contributed by atoms with Gasteiger partial charge in [0.1, 0.15) is 0 Å². The van der Waals surface area contributed by atoms with Gasteiger partial charge in [0.15, 0.2) is 0 Å². The van der Waals surface area contributed by atoms with Gasteiger partial charge in [-0.2, -0.15) is 8.42 Å². The summed E-state index contributed by atoms with van der Waals surface area (Å²) in [4.78, 5) is 2.07. The maximum absolute atomic E-state index is 10.5. The summed E-state index contributed by atoms with van der Waals surface area (Å²) < 4.78 is 34.8. The van der Waals surface area contributed by atoms with Crippen molar-refractivity contribution in [1.82, 2.24) is 4.90 Å². The van der Waals surface area contributed by atoms with Gasteiger partial charge in [0.2, 0.25) is 0 Å². The van der Waals surface area contributed by atoms with Crippen molar-refractivity contribution >= 4 is 10.1 Å². The molecule has 1 rings (SSSR count). The van der Waals surface area contributed by atoms with Crippen LogP contribution in [-0.2, 0) is 14.9 Å². The van der Waals surface area contributed by atoms with Crippen LogP contribution in [0.15, 0.2) is 0 Å². The van der Waals surface area contributed by atoms with Gasteiger partial charge in [-0.1, -0.05) is 0 Å². The van der Waals surface area contributed by atoms with E-state index in [1.165, 1.54) is 0 Å². The molecule has 0 aromatic carbocycles. The lowest BCUT2D eigenvalue weighted by Gasteiger charge is -2.28. The molecule has 1 aliphatic heterocycles. The Bertz CT molecular complexity index is 286. The minimum atomic E-state index is -3.82. The average molecular weight is 223 g/mol. The van der Waals surface area contributed by atoms with Crippen LogP contribution in [0.4, 0.5) is 0 Å². The van der Waals surface area contributed by atoms with Gasteiger partial charge in [-0.3, -0.25) is 9.45 Å². The highest BCUT2D eigenvalue weighted by atomic mass is 32.2. The van der Waals surface area contributed by atoms with Crippen molar-refractivity contribution in [2.75, 3.05) is 25.6 Å². The van der Waals surface area contributed by atoms with Crippen molar-refractivity contribution < 1.29 is 17.7 Å². The van der Waals surface area contributed by atoms with E-state index in [9.17, 15) is 8.42 Å². The van der Waals surface area contributed by atoms with Gasteiger partial charge < -0.3 is 4.74 Å². The number of rotatable bonds is 4. The summed E-state index contributed by atoms with van der Waals surface area (Å²) in [6.07, 6.45) is 0.436. The molecule has 1 fully saturated rings. The molecule has 6 heteroatoms. The Balaban J connectivity index is 2.32. The molecule has 84 valence electrons. The Labute approximate surface area is 84.8 Å². The van der Waals surface area contributed by atoms with Gasteiger partial charge in [-0.25, -0.2) is 0 Å². The smallest absolute Gasteiger partial charge is 0.264 e. The monoisotopic (exact) mass is 223 g/mol. The fraction of sp³-hybridized carbons (Fsp3) is 1.00. The van der Waals surface area contributed by atoms with Crippen molar-refractivity contribution in [3.8, 4) is 0 Å². The van der Waals surface area contributed by atoms with Crippen LogP contribution in [0, 0.1) is 0 Å². The maximum atomic E-state index is 10.5. The Hall–Kier alpha value is -0.170. The van der Waals surface area contributed by atoms with Gasteiger partial charge in [-0.15, -0.1) is 0 Å². The molecule has 0 bridgehead atoms. The zero-order valence-electron chi connectivity index (χ0n) is 8.56. The van der Waals surface area contributed by atoms with E-state index in [-0.39, 0.29) is 11.3 Å². The van der Waals surface area contributed by atoms with E-state index in [1.54, 1.807) is 0 Å². The number of ether oxygens (including phenoxy) is 1. The standard InChI is InChI=1S/C8H17NO4S/c1-8(2)6-13-7-9(8)4-3-5-14(10,11)12/h3-7H2,1-2H3,(H,10,11,12). The lowest BCUT2D eigenvalue weighted by Crippen LogP contribution is -2.41. The third-order valence-corrected chi connectivity index (χ3v) is 3.19. The molecule has 0 radical (unpaired) electrons. The second-order valence-corrected chi connectivity index (χ2v) is 5.77. The molecule has 1 saturated heterocycles. The molecule has 1 aliphatic rings. The molecular weight excluding hydrogens is 206 g/mol. The second kappa shape index (κ2) is 4.14. The van der Waals surface area contributed by atoms with Gasteiger partial charge in [0.25, 0.3) is 10.1 Å². The number of hydrogen-bond acceptors (Lipinski definition) is 4. The lowest BCUT2D eigenvalue weighted by molar-refractivity contribution is 0.132. The first kappa shape index (κ1) is 11.9. The molecule has 14 heavy (non-hydrogen) atoms. The van der Waals surface area contributed by atoms with E-state index in [4.69, 9.17) is 9.29 Å². The summed E-state index contributed by atoms with van der Waals surface area (Å²) in [5.41, 5.74) is -0.0286. The van der Waals surface area contributed by atoms with Crippen LogP contribution < -0.4 is 0 Å². The summed E-state index contributed by atoms with van der Waals surface area (Å²) in [6, 6.07) is 0. The van der Waals surface area contributed by atoms with E-state index in [0.717, 1.165) is 0 Å². The molecule has 0 aromatic heterocycles. The van der Waals surface area contributed by atoms with Crippen LogP contribution >= 0.6 is 0 Å². The fourth-order valence-corrected chi connectivity index (χ4v) is 1.97. The second-order valence-electron chi connectivity index (χ2n) is 4.19. The first-order valence-corrected chi connectivity index (χ1v) is 6.20. The Morgan fingerprint density at radius 3 is 2.57 bits per heavy atom.